The smallest absolute Gasteiger partial charge is 0.252 e. The molecule has 0 saturated carbocycles. The van der Waals surface area contributed by atoms with E-state index < -0.39 is 0 Å². The van der Waals surface area contributed by atoms with Crippen molar-refractivity contribution in [1.29, 1.82) is 0 Å². The molecule has 1 aromatic heterocycles. The number of hydrogen-bond donors (Lipinski definition) is 2. The maximum Gasteiger partial charge on any atom is 0.252 e. The minimum atomic E-state index is -0.107. The highest BCUT2D eigenvalue weighted by molar-refractivity contribution is 5.93. The first-order valence-electron chi connectivity index (χ1n) is 5.57. The summed E-state index contributed by atoms with van der Waals surface area (Å²) in [6.45, 7) is 2.82. The quantitative estimate of drug-likeness (QED) is 0.760. The van der Waals surface area contributed by atoms with Crippen LogP contribution in [0.2, 0.25) is 0 Å². The Morgan fingerprint density at radius 2 is 2.44 bits per heavy atom. The van der Waals surface area contributed by atoms with Gasteiger partial charge in [0.25, 0.3) is 5.91 Å². The molecule has 0 saturated heterocycles. The van der Waals surface area contributed by atoms with Crippen LogP contribution in [0.5, 0.6) is 0 Å². The van der Waals surface area contributed by atoms with Crippen molar-refractivity contribution < 1.29 is 9.90 Å². The van der Waals surface area contributed by atoms with Crippen molar-refractivity contribution in [3.63, 3.8) is 0 Å². The van der Waals surface area contributed by atoms with Crippen LogP contribution in [0.1, 0.15) is 30.1 Å². The van der Waals surface area contributed by atoms with Crippen molar-refractivity contribution in [1.82, 2.24) is 10.3 Å². The molecule has 0 radical (unpaired) electrons. The zero-order chi connectivity index (χ0) is 11.8. The molecule has 88 valence electrons. The molecule has 16 heavy (non-hydrogen) atoms. The molecule has 1 aromatic rings. The monoisotopic (exact) mass is 222 g/mol. The molecule has 1 unspecified atom stereocenters. The molecule has 1 amide bonds. The van der Waals surface area contributed by atoms with Crippen LogP contribution >= 0.6 is 0 Å². The third-order valence-electron chi connectivity index (χ3n) is 2.59. The number of nitrogens with one attached hydrogen (secondary N) is 1. The van der Waals surface area contributed by atoms with Crippen molar-refractivity contribution in [2.24, 2.45) is 5.92 Å². The second-order valence-electron chi connectivity index (χ2n) is 3.74. The molecular weight excluding hydrogens is 204 g/mol. The van der Waals surface area contributed by atoms with Gasteiger partial charge in [0.2, 0.25) is 0 Å². The van der Waals surface area contributed by atoms with Crippen molar-refractivity contribution in [2.75, 3.05) is 13.2 Å². The Bertz CT molecular complexity index is 314. The fraction of sp³-hybridized carbons (Fsp3) is 0.500. The SMILES string of the molecule is CCC(CCO)CNC(=O)c1cccnc1. The fourth-order valence-electron chi connectivity index (χ4n) is 1.47. The van der Waals surface area contributed by atoms with Gasteiger partial charge in [-0.25, -0.2) is 0 Å². The lowest BCUT2D eigenvalue weighted by Gasteiger charge is -2.14. The predicted molar refractivity (Wildman–Crippen MR) is 62.1 cm³/mol. The maximum absolute atomic E-state index is 11.7. The molecule has 0 aromatic carbocycles. The van der Waals surface area contributed by atoms with Gasteiger partial charge in [-0.05, 0) is 24.5 Å². The van der Waals surface area contributed by atoms with Crippen LogP contribution in [0.15, 0.2) is 24.5 Å². The highest BCUT2D eigenvalue weighted by atomic mass is 16.3. The number of carbonyl (C=O) groups excluding carboxylic acids is 1. The number of pyridine rings is 1. The summed E-state index contributed by atoms with van der Waals surface area (Å²) < 4.78 is 0. The van der Waals surface area contributed by atoms with Gasteiger partial charge in [-0.1, -0.05) is 13.3 Å². The zero-order valence-corrected chi connectivity index (χ0v) is 9.52. The van der Waals surface area contributed by atoms with Crippen LogP contribution in [0.3, 0.4) is 0 Å². The van der Waals surface area contributed by atoms with Gasteiger partial charge < -0.3 is 10.4 Å². The third-order valence-corrected chi connectivity index (χ3v) is 2.59. The number of aromatic nitrogens is 1. The number of rotatable bonds is 6. The Morgan fingerprint density at radius 3 is 3.00 bits per heavy atom. The summed E-state index contributed by atoms with van der Waals surface area (Å²) in [6, 6.07) is 3.47. The van der Waals surface area contributed by atoms with E-state index in [0.29, 0.717) is 18.0 Å². The van der Waals surface area contributed by atoms with Crippen LogP contribution in [-0.2, 0) is 0 Å². The average Bonchev–Trinajstić information content (AvgIpc) is 2.35. The molecule has 0 aliphatic heterocycles. The summed E-state index contributed by atoms with van der Waals surface area (Å²) in [4.78, 5) is 15.5. The topological polar surface area (TPSA) is 62.2 Å². The van der Waals surface area contributed by atoms with E-state index in [1.165, 1.54) is 0 Å². The Kier molecular flexibility index (Phi) is 5.50. The van der Waals surface area contributed by atoms with Gasteiger partial charge in [-0.15, -0.1) is 0 Å². The highest BCUT2D eigenvalue weighted by Gasteiger charge is 2.09. The molecule has 4 nitrogen and oxygen atoms in total. The minimum absolute atomic E-state index is 0.107. The van der Waals surface area contributed by atoms with Gasteiger partial charge in [0, 0.05) is 25.5 Å². The Morgan fingerprint density at radius 1 is 1.62 bits per heavy atom. The van der Waals surface area contributed by atoms with Crippen molar-refractivity contribution in [3.05, 3.63) is 30.1 Å². The van der Waals surface area contributed by atoms with Gasteiger partial charge in [0.05, 0.1) is 5.56 Å². The van der Waals surface area contributed by atoms with Gasteiger partial charge in [0.15, 0.2) is 0 Å². The summed E-state index contributed by atoms with van der Waals surface area (Å²) in [7, 11) is 0. The second-order valence-corrected chi connectivity index (χ2v) is 3.74. The normalized spacial score (nSPS) is 12.1. The standard InChI is InChI=1S/C12H18N2O2/c1-2-10(5-7-15)8-14-12(16)11-4-3-6-13-9-11/h3-4,6,9-10,15H,2,5,7-8H2,1H3,(H,14,16). The van der Waals surface area contributed by atoms with E-state index in [1.54, 1.807) is 24.5 Å². The van der Waals surface area contributed by atoms with Crippen LogP contribution in [0.25, 0.3) is 0 Å². The molecule has 0 fully saturated rings. The first-order valence-corrected chi connectivity index (χ1v) is 5.57. The van der Waals surface area contributed by atoms with Gasteiger partial charge in [-0.2, -0.15) is 0 Å². The number of nitrogens with zero attached hydrogens (tertiary/aromatic N) is 1. The second kappa shape index (κ2) is 6.95. The largest absolute Gasteiger partial charge is 0.396 e. The summed E-state index contributed by atoms with van der Waals surface area (Å²) in [5.74, 6) is 0.232. The Hall–Kier alpha value is -1.42. The third kappa shape index (κ3) is 3.98. The average molecular weight is 222 g/mol. The van der Waals surface area contributed by atoms with Crippen molar-refractivity contribution in [2.45, 2.75) is 19.8 Å². The number of amides is 1. The minimum Gasteiger partial charge on any atom is -0.396 e. The van der Waals surface area contributed by atoms with Crippen LogP contribution < -0.4 is 5.32 Å². The molecule has 2 N–H and O–H groups in total. The van der Waals surface area contributed by atoms with E-state index >= 15 is 0 Å². The summed E-state index contributed by atoms with van der Waals surface area (Å²) in [5, 5.41) is 11.7. The molecule has 1 heterocycles. The predicted octanol–water partition coefficient (Wildman–Crippen LogP) is 1.22. The Balaban J connectivity index is 2.40. The summed E-state index contributed by atoms with van der Waals surface area (Å²) in [6.07, 6.45) is 4.86. The van der Waals surface area contributed by atoms with Crippen LogP contribution in [-0.4, -0.2) is 29.1 Å². The van der Waals surface area contributed by atoms with Crippen LogP contribution in [0.4, 0.5) is 0 Å². The number of carbonyl (C=O) groups is 1. The summed E-state index contributed by atoms with van der Waals surface area (Å²) >= 11 is 0. The highest BCUT2D eigenvalue weighted by Crippen LogP contribution is 2.06. The van der Waals surface area contributed by atoms with E-state index in [9.17, 15) is 4.79 Å². The fourth-order valence-corrected chi connectivity index (χ4v) is 1.47. The van der Waals surface area contributed by atoms with Crippen molar-refractivity contribution in [3.8, 4) is 0 Å². The molecule has 1 atom stereocenters. The van der Waals surface area contributed by atoms with Gasteiger partial charge in [-0.3, -0.25) is 9.78 Å². The molecule has 1 rings (SSSR count). The first kappa shape index (κ1) is 12.6. The molecule has 0 bridgehead atoms. The molecule has 4 heteroatoms. The van der Waals surface area contributed by atoms with Gasteiger partial charge in [0.1, 0.15) is 0 Å². The van der Waals surface area contributed by atoms with E-state index in [-0.39, 0.29) is 12.5 Å². The van der Waals surface area contributed by atoms with E-state index in [2.05, 4.69) is 17.2 Å². The lowest BCUT2D eigenvalue weighted by Crippen LogP contribution is -2.29. The number of aliphatic hydroxyl groups excluding tert-OH is 1. The number of aliphatic hydroxyl groups is 1. The van der Waals surface area contributed by atoms with Crippen molar-refractivity contribution >= 4 is 5.91 Å². The number of hydrogen-bond acceptors (Lipinski definition) is 3. The maximum atomic E-state index is 11.7. The lowest BCUT2D eigenvalue weighted by atomic mass is 10.0. The zero-order valence-electron chi connectivity index (χ0n) is 9.52. The van der Waals surface area contributed by atoms with Crippen LogP contribution in [0, 0.1) is 5.92 Å². The van der Waals surface area contributed by atoms with Gasteiger partial charge >= 0.3 is 0 Å². The molecular formula is C12H18N2O2. The lowest BCUT2D eigenvalue weighted by molar-refractivity contribution is 0.0943. The molecule has 0 aliphatic rings. The van der Waals surface area contributed by atoms with E-state index in [0.717, 1.165) is 12.8 Å². The molecule has 0 spiro atoms. The Labute approximate surface area is 95.7 Å². The first-order chi connectivity index (χ1) is 7.77. The van der Waals surface area contributed by atoms with E-state index in [4.69, 9.17) is 5.11 Å². The summed E-state index contributed by atoms with van der Waals surface area (Å²) in [5.41, 5.74) is 0.571. The molecule has 0 aliphatic carbocycles. The van der Waals surface area contributed by atoms with E-state index in [1.807, 2.05) is 0 Å².